The summed E-state index contributed by atoms with van der Waals surface area (Å²) in [4.78, 5) is 16.5. The van der Waals surface area contributed by atoms with Crippen LogP contribution >= 0.6 is 0 Å². The summed E-state index contributed by atoms with van der Waals surface area (Å²) in [6, 6.07) is 18.0. The molecule has 0 aliphatic carbocycles. The Balaban J connectivity index is 1.62. The Labute approximate surface area is 154 Å². The Kier molecular flexibility index (Phi) is 5.32. The monoisotopic (exact) mass is 345 g/mol. The molecule has 3 aromatic rings. The van der Waals surface area contributed by atoms with Crippen LogP contribution in [0.15, 0.2) is 60.8 Å². The number of aromatic nitrogens is 1. The normalized spacial score (nSPS) is 10.4. The van der Waals surface area contributed by atoms with Crippen molar-refractivity contribution in [3.63, 3.8) is 0 Å². The topological polar surface area (TPSA) is 54.0 Å². The molecule has 0 unspecified atom stereocenters. The number of nitrogens with zero attached hydrogens (tertiary/aromatic N) is 1. The van der Waals surface area contributed by atoms with E-state index in [9.17, 15) is 4.79 Å². The van der Waals surface area contributed by atoms with E-state index in [1.807, 2.05) is 31.2 Å². The minimum absolute atomic E-state index is 0.176. The molecule has 1 heterocycles. The quantitative estimate of drug-likeness (QED) is 0.706. The van der Waals surface area contributed by atoms with Gasteiger partial charge in [0.2, 0.25) is 0 Å². The molecule has 0 radical (unpaired) electrons. The lowest BCUT2D eigenvalue weighted by molar-refractivity contribution is 0.0946. The molecular formula is C22H23N3O. The van der Waals surface area contributed by atoms with Gasteiger partial charge in [0, 0.05) is 12.2 Å². The van der Waals surface area contributed by atoms with E-state index < -0.39 is 0 Å². The molecule has 1 aromatic heterocycles. The third-order valence-corrected chi connectivity index (χ3v) is 4.04. The van der Waals surface area contributed by atoms with Crippen molar-refractivity contribution in [1.82, 2.24) is 10.3 Å². The second kappa shape index (κ2) is 7.83. The Hall–Kier alpha value is -3.14. The van der Waals surface area contributed by atoms with E-state index in [2.05, 4.69) is 53.7 Å². The molecular weight excluding hydrogens is 322 g/mol. The molecule has 0 fully saturated rings. The number of hydrogen-bond acceptors (Lipinski definition) is 3. The van der Waals surface area contributed by atoms with Crippen LogP contribution in [0.25, 0.3) is 0 Å². The van der Waals surface area contributed by atoms with Crippen LogP contribution < -0.4 is 10.6 Å². The fraction of sp³-hybridized carbons (Fsp3) is 0.182. The summed E-state index contributed by atoms with van der Waals surface area (Å²) in [7, 11) is 0. The molecule has 0 spiro atoms. The van der Waals surface area contributed by atoms with Crippen LogP contribution in [-0.2, 0) is 6.54 Å². The van der Waals surface area contributed by atoms with Crippen LogP contribution in [0.5, 0.6) is 0 Å². The standard InChI is InChI=1S/C22H23N3O/c1-15-5-4-6-18(10-15)13-24-22(26)21-8-7-19(14-23-21)25-20-11-16(2)9-17(3)12-20/h4-12,14,25H,13H2,1-3H3,(H,24,26). The van der Waals surface area contributed by atoms with E-state index in [1.165, 1.54) is 16.7 Å². The van der Waals surface area contributed by atoms with Crippen molar-refractivity contribution in [2.45, 2.75) is 27.3 Å². The van der Waals surface area contributed by atoms with Gasteiger partial charge in [0.05, 0.1) is 11.9 Å². The number of carbonyl (C=O) groups is 1. The van der Waals surface area contributed by atoms with E-state index >= 15 is 0 Å². The molecule has 0 saturated heterocycles. The summed E-state index contributed by atoms with van der Waals surface area (Å²) < 4.78 is 0. The van der Waals surface area contributed by atoms with Crippen LogP contribution in [0, 0.1) is 20.8 Å². The van der Waals surface area contributed by atoms with Gasteiger partial charge in [-0.25, -0.2) is 4.98 Å². The molecule has 0 aliphatic heterocycles. The molecule has 4 heteroatoms. The van der Waals surface area contributed by atoms with E-state index in [-0.39, 0.29) is 5.91 Å². The summed E-state index contributed by atoms with van der Waals surface area (Å²) in [6.45, 7) is 6.66. The lowest BCUT2D eigenvalue weighted by Crippen LogP contribution is -2.23. The van der Waals surface area contributed by atoms with Crippen LogP contribution in [0.1, 0.15) is 32.7 Å². The highest BCUT2D eigenvalue weighted by molar-refractivity contribution is 5.92. The third-order valence-electron chi connectivity index (χ3n) is 4.04. The number of benzene rings is 2. The van der Waals surface area contributed by atoms with Gasteiger partial charge in [0.1, 0.15) is 5.69 Å². The SMILES string of the molecule is Cc1cccc(CNC(=O)c2ccc(Nc3cc(C)cc(C)c3)cn2)c1. The Bertz CT molecular complexity index is 897. The smallest absolute Gasteiger partial charge is 0.270 e. The van der Waals surface area contributed by atoms with Crippen molar-refractivity contribution in [3.8, 4) is 0 Å². The third kappa shape index (κ3) is 4.70. The fourth-order valence-corrected chi connectivity index (χ4v) is 2.91. The number of anilines is 2. The fourth-order valence-electron chi connectivity index (χ4n) is 2.91. The molecule has 1 amide bonds. The van der Waals surface area contributed by atoms with Crippen LogP contribution in [0.3, 0.4) is 0 Å². The Morgan fingerprint density at radius 3 is 2.31 bits per heavy atom. The lowest BCUT2D eigenvalue weighted by atomic mass is 10.1. The summed E-state index contributed by atoms with van der Waals surface area (Å²) in [5, 5.41) is 6.23. The number of nitrogens with one attached hydrogen (secondary N) is 2. The summed E-state index contributed by atoms with van der Waals surface area (Å²) in [5.74, 6) is -0.176. The zero-order valence-corrected chi connectivity index (χ0v) is 15.3. The predicted molar refractivity (Wildman–Crippen MR) is 106 cm³/mol. The average molecular weight is 345 g/mol. The number of carbonyl (C=O) groups excluding carboxylic acids is 1. The van der Waals surface area contributed by atoms with Gasteiger partial charge in [-0.3, -0.25) is 4.79 Å². The molecule has 0 aliphatic rings. The van der Waals surface area contributed by atoms with Gasteiger partial charge in [0.25, 0.3) is 5.91 Å². The molecule has 132 valence electrons. The maximum atomic E-state index is 12.3. The molecule has 26 heavy (non-hydrogen) atoms. The number of pyridine rings is 1. The second-order valence-electron chi connectivity index (χ2n) is 6.61. The van der Waals surface area contributed by atoms with Gasteiger partial charge in [-0.1, -0.05) is 35.9 Å². The Morgan fingerprint density at radius 2 is 1.65 bits per heavy atom. The molecule has 2 N–H and O–H groups in total. The van der Waals surface area contributed by atoms with Crippen LogP contribution in [-0.4, -0.2) is 10.9 Å². The van der Waals surface area contributed by atoms with Crippen molar-refractivity contribution in [2.75, 3.05) is 5.32 Å². The van der Waals surface area contributed by atoms with Crippen molar-refractivity contribution in [2.24, 2.45) is 0 Å². The summed E-state index contributed by atoms with van der Waals surface area (Å²) in [6.07, 6.45) is 1.68. The maximum absolute atomic E-state index is 12.3. The zero-order chi connectivity index (χ0) is 18.5. The van der Waals surface area contributed by atoms with Gasteiger partial charge < -0.3 is 10.6 Å². The highest BCUT2D eigenvalue weighted by Crippen LogP contribution is 2.19. The van der Waals surface area contributed by atoms with Crippen LogP contribution in [0.2, 0.25) is 0 Å². The van der Waals surface area contributed by atoms with Gasteiger partial charge in [-0.05, 0) is 61.7 Å². The van der Waals surface area contributed by atoms with Gasteiger partial charge in [-0.15, -0.1) is 0 Å². The highest BCUT2D eigenvalue weighted by Gasteiger charge is 2.07. The van der Waals surface area contributed by atoms with Gasteiger partial charge in [-0.2, -0.15) is 0 Å². The summed E-state index contributed by atoms with van der Waals surface area (Å²) in [5.41, 5.74) is 6.93. The number of amides is 1. The molecule has 0 saturated carbocycles. The van der Waals surface area contributed by atoms with Crippen molar-refractivity contribution >= 4 is 17.3 Å². The van der Waals surface area contributed by atoms with Crippen molar-refractivity contribution in [3.05, 3.63) is 88.7 Å². The first-order chi connectivity index (χ1) is 12.5. The first-order valence-corrected chi connectivity index (χ1v) is 8.65. The lowest BCUT2D eigenvalue weighted by Gasteiger charge is -2.09. The molecule has 4 nitrogen and oxygen atoms in total. The largest absolute Gasteiger partial charge is 0.354 e. The van der Waals surface area contributed by atoms with Gasteiger partial charge in [0.15, 0.2) is 0 Å². The number of rotatable bonds is 5. The van der Waals surface area contributed by atoms with Crippen molar-refractivity contribution < 1.29 is 4.79 Å². The summed E-state index contributed by atoms with van der Waals surface area (Å²) >= 11 is 0. The second-order valence-corrected chi connectivity index (χ2v) is 6.61. The highest BCUT2D eigenvalue weighted by atomic mass is 16.1. The van der Waals surface area contributed by atoms with E-state index in [0.29, 0.717) is 12.2 Å². The Morgan fingerprint density at radius 1 is 0.885 bits per heavy atom. The predicted octanol–water partition coefficient (Wildman–Crippen LogP) is 4.68. The zero-order valence-electron chi connectivity index (χ0n) is 15.3. The first-order valence-electron chi connectivity index (χ1n) is 8.65. The number of aryl methyl sites for hydroxylation is 3. The van der Waals surface area contributed by atoms with Crippen LogP contribution in [0.4, 0.5) is 11.4 Å². The molecule has 2 aromatic carbocycles. The molecule has 0 atom stereocenters. The van der Waals surface area contributed by atoms with E-state index in [4.69, 9.17) is 0 Å². The minimum Gasteiger partial charge on any atom is -0.354 e. The van der Waals surface area contributed by atoms with Gasteiger partial charge >= 0.3 is 0 Å². The maximum Gasteiger partial charge on any atom is 0.270 e. The molecule has 0 bridgehead atoms. The van der Waals surface area contributed by atoms with Crippen molar-refractivity contribution in [1.29, 1.82) is 0 Å². The minimum atomic E-state index is -0.176. The molecule has 3 rings (SSSR count). The number of hydrogen-bond donors (Lipinski definition) is 2. The van der Waals surface area contributed by atoms with E-state index in [0.717, 1.165) is 16.9 Å². The first kappa shape index (κ1) is 17.7. The van der Waals surface area contributed by atoms with E-state index in [1.54, 1.807) is 12.3 Å². The average Bonchev–Trinajstić information content (AvgIpc) is 2.59.